The van der Waals surface area contributed by atoms with Crippen molar-refractivity contribution in [3.05, 3.63) is 81.7 Å². The Hall–Kier alpha value is -4.86. The number of carbonyl (C=O) groups excluding carboxylic acids is 1. The third-order valence-corrected chi connectivity index (χ3v) is 6.99. The standard InChI is InChI=1S/C33H37NO9/c1-6-41-25-13-12-20(16-26(25)42-7-2)14-15-34-29(35)19-23(21-17-27(38-3)32(40-5)28(18-21)39-4)30-31(36)22-10-8-9-11-24(22)43-33(30)37/h8-13,16-18,23,36H,6-7,14-15,19H2,1-5H3,(H,34,35)/t23-/m0/s1. The Balaban J connectivity index is 1.65. The summed E-state index contributed by atoms with van der Waals surface area (Å²) in [6, 6.07) is 15.7. The highest BCUT2D eigenvalue weighted by molar-refractivity contribution is 5.85. The Kier molecular flexibility index (Phi) is 10.4. The number of aromatic hydroxyl groups is 1. The topological polar surface area (TPSA) is 126 Å². The van der Waals surface area contributed by atoms with E-state index in [-0.39, 0.29) is 29.2 Å². The fourth-order valence-electron chi connectivity index (χ4n) is 5.00. The molecule has 228 valence electrons. The van der Waals surface area contributed by atoms with E-state index in [0.717, 1.165) is 5.56 Å². The number of ether oxygens (including phenoxy) is 5. The molecule has 1 amide bonds. The second-order valence-electron chi connectivity index (χ2n) is 9.61. The van der Waals surface area contributed by atoms with Crippen molar-refractivity contribution in [3.8, 4) is 34.5 Å². The predicted molar refractivity (Wildman–Crippen MR) is 162 cm³/mol. The molecule has 0 spiro atoms. The van der Waals surface area contributed by atoms with Gasteiger partial charge in [0.2, 0.25) is 11.7 Å². The first-order valence-electron chi connectivity index (χ1n) is 14.0. The van der Waals surface area contributed by atoms with Crippen LogP contribution in [-0.2, 0) is 11.2 Å². The normalized spacial score (nSPS) is 11.6. The first-order valence-corrected chi connectivity index (χ1v) is 14.0. The highest BCUT2D eigenvalue weighted by Gasteiger charge is 2.29. The maximum atomic E-state index is 13.4. The average Bonchev–Trinajstić information content (AvgIpc) is 3.01. The molecule has 0 saturated carbocycles. The van der Waals surface area contributed by atoms with Crippen molar-refractivity contribution in [2.75, 3.05) is 41.1 Å². The number of nitrogens with one attached hydrogen (secondary N) is 1. The molecule has 1 heterocycles. The molecule has 0 bridgehead atoms. The zero-order valence-electron chi connectivity index (χ0n) is 25.0. The van der Waals surface area contributed by atoms with Crippen molar-refractivity contribution in [2.24, 2.45) is 0 Å². The van der Waals surface area contributed by atoms with Gasteiger partial charge in [-0.25, -0.2) is 4.79 Å². The Labute approximate surface area is 250 Å². The van der Waals surface area contributed by atoms with Crippen molar-refractivity contribution >= 4 is 16.9 Å². The van der Waals surface area contributed by atoms with Gasteiger partial charge in [0.05, 0.1) is 45.5 Å². The quantitative estimate of drug-likeness (QED) is 0.190. The van der Waals surface area contributed by atoms with Crippen molar-refractivity contribution in [2.45, 2.75) is 32.6 Å². The van der Waals surface area contributed by atoms with E-state index in [1.165, 1.54) is 21.3 Å². The second-order valence-corrected chi connectivity index (χ2v) is 9.61. The molecule has 3 aromatic carbocycles. The molecule has 2 N–H and O–H groups in total. The van der Waals surface area contributed by atoms with Gasteiger partial charge >= 0.3 is 5.63 Å². The molecule has 4 rings (SSSR count). The fraction of sp³-hybridized carbons (Fsp3) is 0.333. The van der Waals surface area contributed by atoms with Gasteiger partial charge in [0.1, 0.15) is 11.3 Å². The highest BCUT2D eigenvalue weighted by Crippen LogP contribution is 2.43. The minimum atomic E-state index is -0.899. The van der Waals surface area contributed by atoms with Gasteiger partial charge in [0.25, 0.3) is 0 Å². The molecule has 10 nitrogen and oxygen atoms in total. The van der Waals surface area contributed by atoms with Crippen molar-refractivity contribution in [1.82, 2.24) is 5.32 Å². The van der Waals surface area contributed by atoms with Crippen LogP contribution in [0.5, 0.6) is 34.5 Å². The van der Waals surface area contributed by atoms with E-state index >= 15 is 0 Å². The van der Waals surface area contributed by atoms with Gasteiger partial charge in [-0.2, -0.15) is 0 Å². The number of hydrogen-bond acceptors (Lipinski definition) is 9. The molecule has 0 fully saturated rings. The molecule has 0 radical (unpaired) electrons. The van der Waals surface area contributed by atoms with Crippen LogP contribution in [0.3, 0.4) is 0 Å². The molecule has 43 heavy (non-hydrogen) atoms. The number of benzene rings is 3. The summed E-state index contributed by atoms with van der Waals surface area (Å²) in [6.45, 7) is 5.16. The summed E-state index contributed by atoms with van der Waals surface area (Å²) < 4.78 is 33.4. The zero-order chi connectivity index (χ0) is 30.9. The molecule has 0 aliphatic rings. The Bertz CT molecular complexity index is 1600. The summed E-state index contributed by atoms with van der Waals surface area (Å²) in [6.07, 6.45) is 0.374. The number of fused-ring (bicyclic) bond motifs is 1. The van der Waals surface area contributed by atoms with Crippen LogP contribution in [0.4, 0.5) is 0 Å². The van der Waals surface area contributed by atoms with Crippen LogP contribution in [0.25, 0.3) is 11.0 Å². The Morgan fingerprint density at radius 1 is 0.884 bits per heavy atom. The molecule has 0 unspecified atom stereocenters. The lowest BCUT2D eigenvalue weighted by Gasteiger charge is -2.21. The molecule has 0 aliphatic carbocycles. The lowest BCUT2D eigenvalue weighted by Crippen LogP contribution is -2.28. The van der Waals surface area contributed by atoms with Crippen LogP contribution in [-0.4, -0.2) is 52.1 Å². The van der Waals surface area contributed by atoms with Crippen LogP contribution in [0.1, 0.15) is 42.9 Å². The van der Waals surface area contributed by atoms with Gasteiger partial charge in [-0.3, -0.25) is 4.79 Å². The maximum Gasteiger partial charge on any atom is 0.343 e. The monoisotopic (exact) mass is 591 g/mol. The molecule has 0 saturated heterocycles. The largest absolute Gasteiger partial charge is 0.507 e. The highest BCUT2D eigenvalue weighted by atomic mass is 16.5. The Morgan fingerprint density at radius 2 is 1.56 bits per heavy atom. The number of rotatable bonds is 14. The predicted octanol–water partition coefficient (Wildman–Crippen LogP) is 5.20. The van der Waals surface area contributed by atoms with E-state index in [2.05, 4.69) is 5.32 Å². The van der Waals surface area contributed by atoms with Crippen LogP contribution >= 0.6 is 0 Å². The van der Waals surface area contributed by atoms with E-state index in [0.29, 0.717) is 65.9 Å². The molecule has 1 atom stereocenters. The molecule has 0 aliphatic heterocycles. The van der Waals surface area contributed by atoms with E-state index in [4.69, 9.17) is 28.1 Å². The lowest BCUT2D eigenvalue weighted by atomic mass is 9.87. The summed E-state index contributed by atoms with van der Waals surface area (Å²) in [7, 11) is 4.43. The number of carbonyl (C=O) groups is 1. The number of amides is 1. The molecular formula is C33H37NO9. The number of para-hydroxylation sites is 1. The lowest BCUT2D eigenvalue weighted by molar-refractivity contribution is -0.121. The van der Waals surface area contributed by atoms with Crippen LogP contribution in [0.2, 0.25) is 0 Å². The van der Waals surface area contributed by atoms with Crippen LogP contribution < -0.4 is 34.6 Å². The number of hydrogen-bond donors (Lipinski definition) is 2. The third-order valence-electron chi connectivity index (χ3n) is 6.99. The molecule has 4 aromatic rings. The average molecular weight is 592 g/mol. The van der Waals surface area contributed by atoms with Crippen LogP contribution in [0, 0.1) is 0 Å². The van der Waals surface area contributed by atoms with Gasteiger partial charge < -0.3 is 38.5 Å². The minimum Gasteiger partial charge on any atom is -0.507 e. The third kappa shape index (κ3) is 6.97. The summed E-state index contributed by atoms with van der Waals surface area (Å²) in [4.78, 5) is 26.6. The van der Waals surface area contributed by atoms with E-state index in [9.17, 15) is 14.7 Å². The van der Waals surface area contributed by atoms with E-state index < -0.39 is 11.5 Å². The molecule has 10 heteroatoms. The summed E-state index contributed by atoms with van der Waals surface area (Å²) in [5.74, 6) is 0.865. The number of methoxy groups -OCH3 is 3. The maximum absolute atomic E-state index is 13.4. The fourth-order valence-corrected chi connectivity index (χ4v) is 5.00. The van der Waals surface area contributed by atoms with Crippen molar-refractivity contribution in [1.29, 1.82) is 0 Å². The summed E-state index contributed by atoms with van der Waals surface area (Å²) in [5.41, 5.74) is 0.900. The van der Waals surface area contributed by atoms with Gasteiger partial charge in [0, 0.05) is 18.9 Å². The summed E-state index contributed by atoms with van der Waals surface area (Å²) in [5, 5.41) is 14.6. The van der Waals surface area contributed by atoms with Gasteiger partial charge in [0.15, 0.2) is 23.0 Å². The first-order chi connectivity index (χ1) is 20.8. The smallest absolute Gasteiger partial charge is 0.343 e. The molecular weight excluding hydrogens is 554 g/mol. The van der Waals surface area contributed by atoms with Crippen LogP contribution in [0.15, 0.2) is 63.8 Å². The Morgan fingerprint density at radius 3 is 2.21 bits per heavy atom. The van der Waals surface area contributed by atoms with Crippen molar-refractivity contribution in [3.63, 3.8) is 0 Å². The summed E-state index contributed by atoms with van der Waals surface area (Å²) >= 11 is 0. The SMILES string of the molecule is CCOc1ccc(CCNC(=O)C[C@@H](c2cc(OC)c(OC)c(OC)c2)c2c(O)c3ccccc3oc2=O)cc1OCC. The minimum absolute atomic E-state index is 0.0454. The van der Waals surface area contributed by atoms with Gasteiger partial charge in [-0.15, -0.1) is 0 Å². The zero-order valence-corrected chi connectivity index (χ0v) is 25.0. The van der Waals surface area contributed by atoms with Crippen molar-refractivity contribution < 1.29 is 38.0 Å². The second kappa shape index (κ2) is 14.4. The first kappa shape index (κ1) is 31.1. The van der Waals surface area contributed by atoms with E-state index in [1.807, 2.05) is 32.0 Å². The van der Waals surface area contributed by atoms with Gasteiger partial charge in [-0.1, -0.05) is 18.2 Å². The van der Waals surface area contributed by atoms with Gasteiger partial charge in [-0.05, 0) is 67.8 Å². The van der Waals surface area contributed by atoms with E-state index in [1.54, 1.807) is 36.4 Å². The molecule has 1 aromatic heterocycles.